The van der Waals surface area contributed by atoms with E-state index in [4.69, 9.17) is 9.47 Å². The number of rotatable bonds is 3. The molecule has 0 spiro atoms. The highest BCUT2D eigenvalue weighted by Crippen LogP contribution is 2.33. The van der Waals surface area contributed by atoms with Crippen molar-refractivity contribution >= 4 is 5.91 Å². The summed E-state index contributed by atoms with van der Waals surface area (Å²) in [6, 6.07) is 13.4. The van der Waals surface area contributed by atoms with E-state index in [2.05, 4.69) is 0 Å². The van der Waals surface area contributed by atoms with Crippen molar-refractivity contribution in [2.24, 2.45) is 0 Å². The minimum absolute atomic E-state index is 0.0992. The lowest BCUT2D eigenvalue weighted by atomic mass is 9.96. The molecule has 1 fully saturated rings. The van der Waals surface area contributed by atoms with Crippen LogP contribution in [-0.4, -0.2) is 36.6 Å². The molecule has 1 atom stereocenters. The van der Waals surface area contributed by atoms with Crippen LogP contribution in [0.25, 0.3) is 0 Å². The lowest BCUT2D eigenvalue weighted by Gasteiger charge is -2.45. The van der Waals surface area contributed by atoms with Crippen LogP contribution in [0.5, 0.6) is 5.75 Å². The van der Waals surface area contributed by atoms with Gasteiger partial charge in [0.15, 0.2) is 0 Å². The Labute approximate surface area is 147 Å². The average molecular weight is 343 g/mol. The smallest absolute Gasteiger partial charge is 0.258 e. The summed E-state index contributed by atoms with van der Waals surface area (Å²) in [6.45, 7) is 4.74. The second-order valence-corrected chi connectivity index (χ2v) is 6.78. The highest BCUT2D eigenvalue weighted by Gasteiger charge is 2.39. The number of amides is 1. The highest BCUT2D eigenvalue weighted by molar-refractivity contribution is 5.97. The number of ether oxygens (including phenoxy) is 2. The molecule has 1 heterocycles. The molecule has 2 aromatic carbocycles. The van der Waals surface area contributed by atoms with Gasteiger partial charge in [0, 0.05) is 0 Å². The summed E-state index contributed by atoms with van der Waals surface area (Å²) >= 11 is 0. The van der Waals surface area contributed by atoms with Crippen molar-refractivity contribution in [2.45, 2.75) is 25.5 Å². The summed E-state index contributed by atoms with van der Waals surface area (Å²) in [7, 11) is 1.55. The number of para-hydroxylation sites is 1. The second-order valence-electron chi connectivity index (χ2n) is 6.78. The van der Waals surface area contributed by atoms with Crippen molar-refractivity contribution in [1.82, 2.24) is 4.90 Å². The summed E-state index contributed by atoms with van der Waals surface area (Å²) in [5.41, 5.74) is 0.932. The molecule has 0 aliphatic carbocycles. The summed E-state index contributed by atoms with van der Waals surface area (Å²) < 4.78 is 24.4. The number of carbonyl (C=O) groups excluding carboxylic acids is 1. The first-order valence-electron chi connectivity index (χ1n) is 8.24. The Bertz CT molecular complexity index is 758. The van der Waals surface area contributed by atoms with Crippen molar-refractivity contribution in [2.75, 3.05) is 20.3 Å². The van der Waals surface area contributed by atoms with Gasteiger partial charge in [0.1, 0.15) is 17.7 Å². The number of nitrogens with zero attached hydrogens (tertiary/aromatic N) is 1. The van der Waals surface area contributed by atoms with E-state index in [-0.39, 0.29) is 17.8 Å². The Morgan fingerprint density at radius 2 is 1.88 bits per heavy atom. The number of benzene rings is 2. The van der Waals surface area contributed by atoms with Gasteiger partial charge in [-0.15, -0.1) is 0 Å². The van der Waals surface area contributed by atoms with Gasteiger partial charge >= 0.3 is 0 Å². The third-order valence-corrected chi connectivity index (χ3v) is 4.54. The molecule has 132 valence electrons. The zero-order chi connectivity index (χ0) is 18.0. The Morgan fingerprint density at radius 3 is 2.56 bits per heavy atom. The van der Waals surface area contributed by atoms with Crippen molar-refractivity contribution < 1.29 is 18.7 Å². The molecule has 1 saturated heterocycles. The number of methoxy groups -OCH3 is 1. The lowest BCUT2D eigenvalue weighted by Crippen LogP contribution is -2.56. The van der Waals surface area contributed by atoms with Gasteiger partial charge < -0.3 is 14.4 Å². The molecule has 4 nitrogen and oxygen atoms in total. The summed E-state index contributed by atoms with van der Waals surface area (Å²) in [5, 5.41) is 0. The first-order valence-corrected chi connectivity index (χ1v) is 8.24. The minimum Gasteiger partial charge on any atom is -0.496 e. The molecule has 0 N–H and O–H groups in total. The van der Waals surface area contributed by atoms with Crippen LogP contribution < -0.4 is 4.74 Å². The zero-order valence-corrected chi connectivity index (χ0v) is 14.7. The van der Waals surface area contributed by atoms with Crippen molar-refractivity contribution in [3.05, 3.63) is 65.5 Å². The van der Waals surface area contributed by atoms with Gasteiger partial charge in [0.2, 0.25) is 0 Å². The number of halogens is 1. The maximum Gasteiger partial charge on any atom is 0.258 e. The van der Waals surface area contributed by atoms with Crippen molar-refractivity contribution in [3.63, 3.8) is 0 Å². The molecule has 1 aliphatic heterocycles. The molecule has 0 aromatic heterocycles. The normalized spacial score (nSPS) is 19.5. The van der Waals surface area contributed by atoms with Crippen LogP contribution in [0.3, 0.4) is 0 Å². The summed E-state index contributed by atoms with van der Waals surface area (Å²) in [5.74, 6) is 0.160. The molecule has 3 rings (SSSR count). The zero-order valence-electron chi connectivity index (χ0n) is 14.7. The fourth-order valence-electron chi connectivity index (χ4n) is 3.05. The van der Waals surface area contributed by atoms with Gasteiger partial charge in [-0.2, -0.15) is 0 Å². The molecule has 0 saturated carbocycles. The number of hydrogen-bond donors (Lipinski definition) is 0. The Kier molecular flexibility index (Phi) is 4.77. The van der Waals surface area contributed by atoms with Crippen LogP contribution in [0.15, 0.2) is 48.5 Å². The molecule has 1 aliphatic rings. The molecule has 2 aromatic rings. The van der Waals surface area contributed by atoms with Gasteiger partial charge in [-0.1, -0.05) is 24.3 Å². The first-order chi connectivity index (χ1) is 11.9. The van der Waals surface area contributed by atoms with E-state index in [0.29, 0.717) is 24.5 Å². The first kappa shape index (κ1) is 17.4. The number of hydrogen-bond acceptors (Lipinski definition) is 3. The van der Waals surface area contributed by atoms with Crippen molar-refractivity contribution in [1.29, 1.82) is 0 Å². The van der Waals surface area contributed by atoms with Crippen LogP contribution in [0.4, 0.5) is 4.39 Å². The van der Waals surface area contributed by atoms with Crippen LogP contribution >= 0.6 is 0 Å². The predicted molar refractivity (Wildman–Crippen MR) is 93.2 cm³/mol. The summed E-state index contributed by atoms with van der Waals surface area (Å²) in [6.07, 6.45) is -0.285. The standard InChI is InChI=1S/C20H22FNO3/c1-20(2)13-25-18(14-8-10-15(21)11-9-14)12-22(20)19(23)16-6-4-5-7-17(16)24-3/h4-11,18H,12-13H2,1-3H3. The average Bonchev–Trinajstić information content (AvgIpc) is 2.62. The van der Waals surface area contributed by atoms with Gasteiger partial charge in [-0.05, 0) is 43.7 Å². The molecule has 5 heteroatoms. The monoisotopic (exact) mass is 343 g/mol. The van der Waals surface area contributed by atoms with Crippen LogP contribution in [0.1, 0.15) is 35.9 Å². The van der Waals surface area contributed by atoms with E-state index in [1.165, 1.54) is 12.1 Å². The Balaban J connectivity index is 1.89. The van der Waals surface area contributed by atoms with E-state index in [0.717, 1.165) is 5.56 Å². The minimum atomic E-state index is -0.450. The second kappa shape index (κ2) is 6.84. The molecule has 0 bridgehead atoms. The summed E-state index contributed by atoms with van der Waals surface area (Å²) in [4.78, 5) is 15.0. The maximum atomic E-state index is 13.2. The Morgan fingerprint density at radius 1 is 1.20 bits per heavy atom. The third-order valence-electron chi connectivity index (χ3n) is 4.54. The molecular weight excluding hydrogens is 321 g/mol. The lowest BCUT2D eigenvalue weighted by molar-refractivity contribution is -0.0847. The molecule has 1 amide bonds. The molecule has 1 unspecified atom stereocenters. The fraction of sp³-hybridized carbons (Fsp3) is 0.350. The maximum absolute atomic E-state index is 13.2. The quantitative estimate of drug-likeness (QED) is 0.850. The van der Waals surface area contributed by atoms with Gasteiger partial charge in [0.25, 0.3) is 5.91 Å². The SMILES string of the molecule is COc1ccccc1C(=O)N1CC(c2ccc(F)cc2)OCC1(C)C. The van der Waals surface area contributed by atoms with E-state index in [9.17, 15) is 9.18 Å². The van der Waals surface area contributed by atoms with E-state index in [1.807, 2.05) is 30.9 Å². The number of morpholine rings is 1. The molecule has 0 radical (unpaired) electrons. The topological polar surface area (TPSA) is 38.8 Å². The highest BCUT2D eigenvalue weighted by atomic mass is 19.1. The largest absolute Gasteiger partial charge is 0.496 e. The predicted octanol–water partition coefficient (Wildman–Crippen LogP) is 3.83. The third kappa shape index (κ3) is 3.51. The van der Waals surface area contributed by atoms with Gasteiger partial charge in [-0.25, -0.2) is 4.39 Å². The van der Waals surface area contributed by atoms with Crippen LogP contribution in [0, 0.1) is 5.82 Å². The van der Waals surface area contributed by atoms with Gasteiger partial charge in [0.05, 0.1) is 31.4 Å². The molecular formula is C20H22FNO3. The Hall–Kier alpha value is -2.40. The fourth-order valence-corrected chi connectivity index (χ4v) is 3.05. The van der Waals surface area contributed by atoms with Crippen LogP contribution in [-0.2, 0) is 4.74 Å². The van der Waals surface area contributed by atoms with E-state index in [1.54, 1.807) is 31.4 Å². The van der Waals surface area contributed by atoms with Crippen LogP contribution in [0.2, 0.25) is 0 Å². The van der Waals surface area contributed by atoms with Gasteiger partial charge in [-0.3, -0.25) is 4.79 Å². The van der Waals surface area contributed by atoms with Crippen molar-refractivity contribution in [3.8, 4) is 5.75 Å². The van der Waals surface area contributed by atoms with E-state index >= 15 is 0 Å². The number of carbonyl (C=O) groups is 1. The molecule has 25 heavy (non-hydrogen) atoms. The van der Waals surface area contributed by atoms with E-state index < -0.39 is 5.54 Å².